The summed E-state index contributed by atoms with van der Waals surface area (Å²) in [6.07, 6.45) is 0.670. The van der Waals surface area contributed by atoms with E-state index in [0.717, 1.165) is 12.1 Å². The molecule has 1 unspecified atom stereocenters. The van der Waals surface area contributed by atoms with Crippen LogP contribution in [0.4, 0.5) is 4.39 Å². The highest BCUT2D eigenvalue weighted by molar-refractivity contribution is 5.74. The molecular formula is C19H20FNO3. The van der Waals surface area contributed by atoms with Gasteiger partial charge in [-0.05, 0) is 49.7 Å². The molecule has 2 aromatic carbocycles. The van der Waals surface area contributed by atoms with E-state index in [-0.39, 0.29) is 5.82 Å². The van der Waals surface area contributed by atoms with Crippen LogP contribution in [0.5, 0.6) is 11.5 Å². The number of carboxylic acid groups (broad SMARTS) is 1. The van der Waals surface area contributed by atoms with Crippen LogP contribution in [0.3, 0.4) is 0 Å². The van der Waals surface area contributed by atoms with Crippen molar-refractivity contribution >= 4 is 5.97 Å². The Bertz CT molecular complexity index is 732. The van der Waals surface area contributed by atoms with Gasteiger partial charge in [0, 0.05) is 19.2 Å². The Balaban J connectivity index is 1.60. The molecule has 3 rings (SSSR count). The van der Waals surface area contributed by atoms with Crippen LogP contribution in [-0.2, 0) is 11.3 Å². The number of halogens is 1. The third-order valence-electron chi connectivity index (χ3n) is 4.43. The van der Waals surface area contributed by atoms with Gasteiger partial charge in [-0.25, -0.2) is 4.39 Å². The van der Waals surface area contributed by atoms with Gasteiger partial charge in [-0.15, -0.1) is 0 Å². The van der Waals surface area contributed by atoms with E-state index in [1.807, 2.05) is 24.3 Å². The molecule has 0 aliphatic carbocycles. The van der Waals surface area contributed by atoms with Crippen molar-refractivity contribution in [2.45, 2.75) is 19.9 Å². The summed E-state index contributed by atoms with van der Waals surface area (Å²) in [5, 5.41) is 9.28. The maximum atomic E-state index is 13.2. The van der Waals surface area contributed by atoms with Crippen LogP contribution in [-0.4, -0.2) is 29.1 Å². The van der Waals surface area contributed by atoms with E-state index in [1.165, 1.54) is 12.1 Å². The van der Waals surface area contributed by atoms with Gasteiger partial charge in [-0.3, -0.25) is 9.69 Å². The largest absolute Gasteiger partial charge is 0.481 e. The fourth-order valence-corrected chi connectivity index (χ4v) is 2.95. The van der Waals surface area contributed by atoms with Crippen molar-refractivity contribution in [3.05, 3.63) is 59.9 Å². The SMILES string of the molecule is CC1(C(=O)O)CCN(Cc2ccc(Oc3cccc(F)c3)cc2)C1. The molecule has 2 aromatic rings. The lowest BCUT2D eigenvalue weighted by Crippen LogP contribution is -2.31. The minimum atomic E-state index is -0.733. The molecule has 1 heterocycles. The molecule has 1 aliphatic heterocycles. The van der Waals surface area contributed by atoms with Gasteiger partial charge in [0.15, 0.2) is 0 Å². The molecule has 1 saturated heterocycles. The van der Waals surface area contributed by atoms with E-state index < -0.39 is 11.4 Å². The van der Waals surface area contributed by atoms with Crippen LogP contribution in [0.15, 0.2) is 48.5 Å². The van der Waals surface area contributed by atoms with Crippen LogP contribution in [0.1, 0.15) is 18.9 Å². The molecule has 4 nitrogen and oxygen atoms in total. The zero-order valence-electron chi connectivity index (χ0n) is 13.5. The van der Waals surface area contributed by atoms with Crippen LogP contribution in [0, 0.1) is 11.2 Å². The first-order chi connectivity index (χ1) is 11.4. The standard InChI is InChI=1S/C19H20FNO3/c1-19(18(22)23)9-10-21(13-19)12-14-5-7-16(8-6-14)24-17-4-2-3-15(20)11-17/h2-8,11H,9-10,12-13H2,1H3,(H,22,23). The molecule has 0 bridgehead atoms. The Morgan fingerprint density at radius 1 is 1.25 bits per heavy atom. The summed E-state index contributed by atoms with van der Waals surface area (Å²) in [7, 11) is 0. The fourth-order valence-electron chi connectivity index (χ4n) is 2.95. The first kappa shape index (κ1) is 16.5. The normalized spacial score (nSPS) is 20.9. The van der Waals surface area contributed by atoms with Gasteiger partial charge in [0.2, 0.25) is 0 Å². The number of rotatable bonds is 5. The Hall–Kier alpha value is -2.40. The molecule has 24 heavy (non-hydrogen) atoms. The summed E-state index contributed by atoms with van der Waals surface area (Å²) in [5.41, 5.74) is 0.441. The molecule has 1 atom stereocenters. The molecule has 0 saturated carbocycles. The second-order valence-corrected chi connectivity index (χ2v) is 6.53. The first-order valence-corrected chi connectivity index (χ1v) is 7.93. The summed E-state index contributed by atoms with van der Waals surface area (Å²) in [6.45, 7) is 3.85. The maximum Gasteiger partial charge on any atom is 0.310 e. The Kier molecular flexibility index (Phi) is 4.53. The molecule has 0 spiro atoms. The van der Waals surface area contributed by atoms with Gasteiger partial charge in [0.25, 0.3) is 0 Å². The number of likely N-dealkylation sites (tertiary alicyclic amines) is 1. The van der Waals surface area contributed by atoms with E-state index in [2.05, 4.69) is 4.90 Å². The first-order valence-electron chi connectivity index (χ1n) is 7.93. The number of carboxylic acids is 1. The van der Waals surface area contributed by atoms with Gasteiger partial charge >= 0.3 is 5.97 Å². The van der Waals surface area contributed by atoms with Crippen LogP contribution in [0.25, 0.3) is 0 Å². The molecule has 1 fully saturated rings. The summed E-state index contributed by atoms with van der Waals surface area (Å²) in [6, 6.07) is 13.6. The van der Waals surface area contributed by atoms with Gasteiger partial charge in [0.05, 0.1) is 5.41 Å². The number of benzene rings is 2. The highest BCUT2D eigenvalue weighted by Gasteiger charge is 2.40. The molecule has 1 aliphatic rings. The number of hydrogen-bond donors (Lipinski definition) is 1. The van der Waals surface area contributed by atoms with E-state index in [1.54, 1.807) is 19.1 Å². The molecule has 0 radical (unpaired) electrons. The maximum absolute atomic E-state index is 13.2. The predicted octanol–water partition coefficient (Wildman–Crippen LogP) is 3.91. The molecule has 1 N–H and O–H groups in total. The lowest BCUT2D eigenvalue weighted by molar-refractivity contribution is -0.147. The van der Waals surface area contributed by atoms with Crippen molar-refractivity contribution in [3.63, 3.8) is 0 Å². The van der Waals surface area contributed by atoms with Crippen molar-refractivity contribution in [2.75, 3.05) is 13.1 Å². The van der Waals surface area contributed by atoms with E-state index in [9.17, 15) is 14.3 Å². The number of aliphatic carboxylic acids is 1. The lowest BCUT2D eigenvalue weighted by atomic mass is 9.90. The quantitative estimate of drug-likeness (QED) is 0.903. The number of carbonyl (C=O) groups is 1. The van der Waals surface area contributed by atoms with Gasteiger partial charge in [-0.2, -0.15) is 0 Å². The monoisotopic (exact) mass is 329 g/mol. The predicted molar refractivity (Wildman–Crippen MR) is 88.6 cm³/mol. The topological polar surface area (TPSA) is 49.8 Å². The highest BCUT2D eigenvalue weighted by atomic mass is 19.1. The molecule has 5 heteroatoms. The Morgan fingerprint density at radius 2 is 2.00 bits per heavy atom. The average Bonchev–Trinajstić information content (AvgIpc) is 2.92. The molecule has 0 aromatic heterocycles. The molecular weight excluding hydrogens is 309 g/mol. The summed E-state index contributed by atoms with van der Waals surface area (Å²) < 4.78 is 18.8. The summed E-state index contributed by atoms with van der Waals surface area (Å²) >= 11 is 0. The molecule has 0 amide bonds. The lowest BCUT2D eigenvalue weighted by Gasteiger charge is -2.20. The Morgan fingerprint density at radius 3 is 2.62 bits per heavy atom. The van der Waals surface area contributed by atoms with E-state index in [4.69, 9.17) is 4.74 Å². The Labute approximate surface area is 140 Å². The third kappa shape index (κ3) is 3.74. The van der Waals surface area contributed by atoms with Gasteiger partial charge in [-0.1, -0.05) is 18.2 Å². The number of ether oxygens (including phenoxy) is 1. The second-order valence-electron chi connectivity index (χ2n) is 6.53. The van der Waals surface area contributed by atoms with Crippen LogP contribution in [0.2, 0.25) is 0 Å². The van der Waals surface area contributed by atoms with E-state index in [0.29, 0.717) is 31.0 Å². The molecule has 126 valence electrons. The van der Waals surface area contributed by atoms with Crippen molar-refractivity contribution in [1.29, 1.82) is 0 Å². The fraction of sp³-hybridized carbons (Fsp3) is 0.316. The minimum absolute atomic E-state index is 0.334. The second kappa shape index (κ2) is 6.61. The average molecular weight is 329 g/mol. The highest BCUT2D eigenvalue weighted by Crippen LogP contribution is 2.31. The zero-order valence-corrected chi connectivity index (χ0v) is 13.5. The summed E-state index contributed by atoms with van der Waals surface area (Å²) in [4.78, 5) is 13.4. The van der Waals surface area contributed by atoms with Crippen LogP contribution < -0.4 is 4.74 Å². The van der Waals surface area contributed by atoms with Gasteiger partial charge < -0.3 is 9.84 Å². The van der Waals surface area contributed by atoms with Crippen molar-refractivity contribution in [3.8, 4) is 11.5 Å². The van der Waals surface area contributed by atoms with Crippen LogP contribution >= 0.6 is 0 Å². The van der Waals surface area contributed by atoms with Gasteiger partial charge in [0.1, 0.15) is 17.3 Å². The summed E-state index contributed by atoms with van der Waals surface area (Å²) in [5.74, 6) is 0.0316. The van der Waals surface area contributed by atoms with E-state index >= 15 is 0 Å². The van der Waals surface area contributed by atoms with Crippen molar-refractivity contribution in [2.24, 2.45) is 5.41 Å². The smallest absolute Gasteiger partial charge is 0.310 e. The minimum Gasteiger partial charge on any atom is -0.481 e. The third-order valence-corrected chi connectivity index (χ3v) is 4.43. The zero-order chi connectivity index (χ0) is 17.2. The number of hydrogen-bond acceptors (Lipinski definition) is 3. The van der Waals surface area contributed by atoms with Crippen molar-refractivity contribution in [1.82, 2.24) is 4.90 Å². The van der Waals surface area contributed by atoms with Crippen molar-refractivity contribution < 1.29 is 19.0 Å². The number of nitrogens with zero attached hydrogens (tertiary/aromatic N) is 1.